The number of cyclic esters (lactones) is 1. The molecule has 0 radical (unpaired) electrons. The Hall–Kier alpha value is -0.376. The number of benzene rings is 2. The third-order valence-electron chi connectivity index (χ3n) is 11.6. The summed E-state index contributed by atoms with van der Waals surface area (Å²) in [5.74, 6) is -0.787. The third kappa shape index (κ3) is 20.5. The first-order chi connectivity index (χ1) is 29.4. The number of halogens is 4. The van der Waals surface area contributed by atoms with E-state index in [9.17, 15) is 9.59 Å². The maximum absolute atomic E-state index is 12.6. The van der Waals surface area contributed by atoms with Crippen LogP contribution in [-0.2, 0) is 50.6 Å². The second kappa shape index (κ2) is 29.1. The topological polar surface area (TPSA) is 165 Å². The molecule has 0 aliphatic carbocycles. The summed E-state index contributed by atoms with van der Waals surface area (Å²) in [5.41, 5.74) is 5.16. The molecule has 4 rings (SSSR count). The second-order valence-corrected chi connectivity index (χ2v) is 31.1. The van der Waals surface area contributed by atoms with E-state index >= 15 is 0 Å². The van der Waals surface area contributed by atoms with E-state index in [4.69, 9.17) is 66.2 Å². The number of carbonyl (C=O) groups is 3. The molecule has 0 spiro atoms. The van der Waals surface area contributed by atoms with E-state index in [1.807, 2.05) is 51.1 Å². The molecule has 2 aromatic carbocycles. The molecule has 13 nitrogen and oxygen atoms in total. The molecule has 5 atom stereocenters. The van der Waals surface area contributed by atoms with Gasteiger partial charge in [-0.05, 0) is 138 Å². The molecule has 0 unspecified atom stereocenters. The smallest absolute Gasteiger partial charge is 0.550 e. The first-order valence-corrected chi connectivity index (χ1v) is 29.9. The monoisotopic (exact) mass is 1220 g/mol. The number of nitrogens with one attached hydrogen (secondary N) is 1. The second-order valence-electron chi connectivity index (χ2n) is 18.5. The Kier molecular flexibility index (Phi) is 28.9. The molecule has 2 heterocycles. The van der Waals surface area contributed by atoms with Gasteiger partial charge in [0, 0.05) is 28.1 Å². The number of nitrogens with zero attached hydrogens (tertiary/aromatic N) is 1. The van der Waals surface area contributed by atoms with Gasteiger partial charge in [-0.15, -0.1) is 0 Å². The van der Waals surface area contributed by atoms with E-state index in [1.165, 1.54) is 0 Å². The summed E-state index contributed by atoms with van der Waals surface area (Å²) in [4.78, 5) is 38.8. The number of hydrogen-bond acceptors (Lipinski definition) is 13. The first-order valence-electron chi connectivity index (χ1n) is 21.1. The molecule has 0 aromatic heterocycles. The van der Waals surface area contributed by atoms with Crippen LogP contribution in [0.2, 0.25) is 46.3 Å². The van der Waals surface area contributed by atoms with Crippen molar-refractivity contribution >= 4 is 103 Å². The molecule has 65 heavy (non-hydrogen) atoms. The van der Waals surface area contributed by atoms with Gasteiger partial charge in [-0.25, -0.2) is 5.48 Å². The van der Waals surface area contributed by atoms with E-state index in [0.717, 1.165) is 35.8 Å². The van der Waals surface area contributed by atoms with Gasteiger partial charge in [-0.1, -0.05) is 89.9 Å². The fourth-order valence-electron chi connectivity index (χ4n) is 5.75. The van der Waals surface area contributed by atoms with Gasteiger partial charge in [-0.2, -0.15) is 5.06 Å². The average Bonchev–Trinajstić information content (AvgIpc) is 3.70. The molecule has 2 aromatic rings. The summed E-state index contributed by atoms with van der Waals surface area (Å²) in [6.45, 7) is 32.8. The van der Waals surface area contributed by atoms with Crippen LogP contribution in [0.4, 0.5) is 0 Å². The molecule has 0 bridgehead atoms. The number of esters is 2. The molecule has 2 aliphatic heterocycles. The standard InChI is InChI=1S/C21H31ClINO4Si.C14H28O3Si.C8H9ClINO2.C2H4O2.Na/c1-12-14(8-9-15(22)18(12)23)10-24-19-17(13(2)27-20(19)25)16(28-24)11-26-29(6,7)21(3,4)5;1-8-13(15)17-12(2)10-9-11-16-18(6,7)14(3,4)5;1-13-8-5(4-11-12)2-3-6(9)7(8)10;1-2(3)4;/h8-9,13,16-17,19H,10-11H2,1-7H3;9-10,12H,8,11H2,1-7H3;2-3,11-12H,4H2,1H3;1H3,(H,3,4);/q;;;;+1/p-1/b;10-9-;;;/t13-,16-,17+,19-;12-;;;/m00.../s1. The SMILES string of the molecule is CC(=O)[O-].CCC(=O)O[C@@H](C)/C=C\CO[Si](C)(C)C(C)(C)C.COc1c(CNO)ccc(Cl)c1I.Cc1c(CN2O[C@@H](CO[Si](C)(C)C(C)(C)C)[C@H]3[C@H](C)OC(=O)[C@H]32)ccc(Cl)c1I.[Na+]. The van der Waals surface area contributed by atoms with E-state index in [1.54, 1.807) is 25.2 Å². The van der Waals surface area contributed by atoms with Crippen LogP contribution >= 0.6 is 68.4 Å². The van der Waals surface area contributed by atoms with Crippen molar-refractivity contribution in [2.75, 3.05) is 20.3 Å². The Bertz CT molecular complexity index is 1880. The fraction of sp³-hybridized carbons (Fsp3) is 0.622. The molecule has 2 fully saturated rings. The minimum atomic E-state index is -1.91. The minimum Gasteiger partial charge on any atom is -0.550 e. The molecule has 2 N–H and O–H groups in total. The zero-order valence-electron chi connectivity index (χ0n) is 41.4. The van der Waals surface area contributed by atoms with Crippen molar-refractivity contribution in [3.63, 3.8) is 0 Å². The van der Waals surface area contributed by atoms with Crippen LogP contribution < -0.4 is 44.9 Å². The summed E-state index contributed by atoms with van der Waals surface area (Å²) >= 11 is 16.5. The third-order valence-corrected chi connectivity index (χ3v) is 24.3. The number of aliphatic carboxylic acids is 1. The van der Waals surface area contributed by atoms with Crippen LogP contribution in [0.1, 0.15) is 92.3 Å². The number of carboxylic acids is 1. The van der Waals surface area contributed by atoms with Crippen LogP contribution in [0.25, 0.3) is 0 Å². The number of carbonyl (C=O) groups excluding carboxylic acids is 3. The molecular formula is C45H71Cl2I2N2NaO11Si2. The van der Waals surface area contributed by atoms with Crippen molar-refractivity contribution in [2.24, 2.45) is 5.92 Å². The van der Waals surface area contributed by atoms with Crippen LogP contribution in [0.15, 0.2) is 36.4 Å². The van der Waals surface area contributed by atoms with Gasteiger partial charge in [0.05, 0.1) is 46.4 Å². The summed E-state index contributed by atoms with van der Waals surface area (Å²) < 4.78 is 30.2. The Morgan fingerprint density at radius 1 is 0.985 bits per heavy atom. The van der Waals surface area contributed by atoms with Crippen molar-refractivity contribution in [3.05, 3.63) is 70.3 Å². The fourth-order valence-corrected chi connectivity index (χ4v) is 9.34. The maximum atomic E-state index is 12.6. The van der Waals surface area contributed by atoms with Crippen LogP contribution in [0.3, 0.4) is 0 Å². The number of carboxylic acid groups (broad SMARTS) is 1. The number of ether oxygens (including phenoxy) is 3. The molecular weight excluding hydrogens is 1150 g/mol. The molecule has 2 saturated heterocycles. The quantitative estimate of drug-likeness (QED) is 0.0632. The summed E-state index contributed by atoms with van der Waals surface area (Å²) in [6.07, 6.45) is 3.67. The Labute approximate surface area is 449 Å². The zero-order chi connectivity index (χ0) is 49.5. The Morgan fingerprint density at radius 3 is 1.98 bits per heavy atom. The number of methoxy groups -OCH3 is 1. The summed E-state index contributed by atoms with van der Waals surface area (Å²) in [7, 11) is -2.01. The number of hydroxylamine groups is 3. The summed E-state index contributed by atoms with van der Waals surface area (Å²) in [6, 6.07) is 7.09. The predicted molar refractivity (Wildman–Crippen MR) is 273 cm³/mol. The first kappa shape index (κ1) is 64.6. The van der Waals surface area contributed by atoms with Crippen molar-refractivity contribution in [1.29, 1.82) is 0 Å². The largest absolute Gasteiger partial charge is 1.00 e. The molecule has 2 aliphatic rings. The Morgan fingerprint density at radius 2 is 1.49 bits per heavy atom. The minimum absolute atomic E-state index is 0. The van der Waals surface area contributed by atoms with Crippen molar-refractivity contribution in [1.82, 2.24) is 10.5 Å². The van der Waals surface area contributed by atoms with Gasteiger partial charge >= 0.3 is 41.5 Å². The number of fused-ring (bicyclic) bond motifs is 1. The van der Waals surface area contributed by atoms with Gasteiger partial charge in [0.1, 0.15) is 30.1 Å². The van der Waals surface area contributed by atoms with Crippen LogP contribution in [0.5, 0.6) is 5.75 Å². The zero-order valence-corrected chi connectivity index (χ0v) is 51.2. The normalized spacial score (nSPS) is 19.0. The van der Waals surface area contributed by atoms with Gasteiger partial charge in [0.2, 0.25) is 0 Å². The van der Waals surface area contributed by atoms with Gasteiger partial charge in [0.25, 0.3) is 0 Å². The Balaban J connectivity index is 0.000000974. The van der Waals surface area contributed by atoms with Crippen LogP contribution in [-0.4, -0.2) is 89.5 Å². The van der Waals surface area contributed by atoms with E-state index in [-0.39, 0.29) is 75.8 Å². The molecule has 0 saturated carbocycles. The molecule has 0 amide bonds. The van der Waals surface area contributed by atoms with Crippen molar-refractivity contribution in [3.8, 4) is 5.75 Å². The molecule has 20 heteroatoms. The van der Waals surface area contributed by atoms with E-state index in [2.05, 4.69) is 118 Å². The average molecular weight is 1220 g/mol. The summed E-state index contributed by atoms with van der Waals surface area (Å²) in [5, 5.41) is 21.0. The maximum Gasteiger partial charge on any atom is 1.00 e. The number of hydrogen-bond donors (Lipinski definition) is 2. The van der Waals surface area contributed by atoms with Crippen molar-refractivity contribution in [2.45, 2.75) is 156 Å². The molecule has 364 valence electrons. The predicted octanol–water partition coefficient (Wildman–Crippen LogP) is 7.42. The number of rotatable bonds is 14. The van der Waals surface area contributed by atoms with Gasteiger partial charge < -0.3 is 38.2 Å². The van der Waals surface area contributed by atoms with E-state index < -0.39 is 28.6 Å². The van der Waals surface area contributed by atoms with E-state index in [0.29, 0.717) is 43.5 Å². The van der Waals surface area contributed by atoms with Crippen LogP contribution in [0, 0.1) is 20.0 Å². The van der Waals surface area contributed by atoms with Crippen molar-refractivity contribution < 1.29 is 82.2 Å². The van der Waals surface area contributed by atoms with Gasteiger partial charge in [-0.3, -0.25) is 14.4 Å². The van der Waals surface area contributed by atoms with Gasteiger partial charge in [0.15, 0.2) is 16.6 Å².